The summed E-state index contributed by atoms with van der Waals surface area (Å²) in [5, 5.41) is 15.2. The van der Waals surface area contributed by atoms with Crippen LogP contribution in [0.2, 0.25) is 0 Å². The normalized spacial score (nSPS) is 22.0. The molecule has 5 nitrogen and oxygen atoms in total. The minimum Gasteiger partial charge on any atom is -0.491 e. The van der Waals surface area contributed by atoms with Gasteiger partial charge in [-0.05, 0) is 38.0 Å². The Hall–Kier alpha value is -1.59. The number of ether oxygens (including phenoxy) is 1. The second-order valence-electron chi connectivity index (χ2n) is 5.38. The highest BCUT2D eigenvalue weighted by Gasteiger charge is 2.27. The lowest BCUT2D eigenvalue weighted by molar-refractivity contribution is -0.123. The minimum atomic E-state index is -0.418. The number of aliphatic hydroxyl groups is 1. The Labute approximate surface area is 119 Å². The summed E-state index contributed by atoms with van der Waals surface area (Å²) >= 11 is 0. The van der Waals surface area contributed by atoms with Crippen molar-refractivity contribution in [3.63, 3.8) is 0 Å². The largest absolute Gasteiger partial charge is 0.491 e. The van der Waals surface area contributed by atoms with Crippen LogP contribution in [0.15, 0.2) is 24.3 Å². The molecule has 1 aliphatic heterocycles. The number of carbonyl (C=O) groups is 1. The zero-order valence-corrected chi connectivity index (χ0v) is 11.9. The molecule has 2 atom stereocenters. The highest BCUT2D eigenvalue weighted by atomic mass is 16.5. The third-order valence-corrected chi connectivity index (χ3v) is 3.19. The van der Waals surface area contributed by atoms with Gasteiger partial charge in [0.1, 0.15) is 5.75 Å². The molecular formula is C15H22N2O3. The first-order chi connectivity index (χ1) is 9.54. The number of β-amino-alcohol motifs (C(OH)–C–C–N with tert-alkyl or cyclic N) is 1. The summed E-state index contributed by atoms with van der Waals surface area (Å²) in [7, 11) is 0. The predicted octanol–water partition coefficient (Wildman–Crippen LogP) is 0.813. The smallest absolute Gasteiger partial charge is 0.237 e. The van der Waals surface area contributed by atoms with E-state index >= 15 is 0 Å². The molecule has 0 aliphatic carbocycles. The van der Waals surface area contributed by atoms with Crippen LogP contribution in [-0.2, 0) is 11.3 Å². The zero-order valence-electron chi connectivity index (χ0n) is 11.9. The monoisotopic (exact) mass is 278 g/mol. The van der Waals surface area contributed by atoms with Crippen LogP contribution in [0.5, 0.6) is 5.75 Å². The highest BCUT2D eigenvalue weighted by molar-refractivity contribution is 5.82. The van der Waals surface area contributed by atoms with Crippen LogP contribution >= 0.6 is 0 Å². The summed E-state index contributed by atoms with van der Waals surface area (Å²) in [5.41, 5.74) is 1.02. The Kier molecular flexibility index (Phi) is 4.98. The molecule has 0 spiro atoms. The average Bonchev–Trinajstić information content (AvgIpc) is 2.84. The number of amides is 1. The first kappa shape index (κ1) is 14.8. The third kappa shape index (κ3) is 4.21. The van der Waals surface area contributed by atoms with Gasteiger partial charge < -0.3 is 20.5 Å². The van der Waals surface area contributed by atoms with E-state index in [4.69, 9.17) is 4.74 Å². The molecule has 1 aromatic carbocycles. The fraction of sp³-hybridized carbons (Fsp3) is 0.533. The topological polar surface area (TPSA) is 70.6 Å². The molecule has 1 aromatic rings. The number of carbonyl (C=O) groups excluding carboxylic acids is 1. The van der Waals surface area contributed by atoms with Gasteiger partial charge in [-0.2, -0.15) is 0 Å². The molecule has 20 heavy (non-hydrogen) atoms. The first-order valence-corrected chi connectivity index (χ1v) is 6.99. The molecule has 1 saturated heterocycles. The van der Waals surface area contributed by atoms with Gasteiger partial charge in [-0.25, -0.2) is 0 Å². The fourth-order valence-corrected chi connectivity index (χ4v) is 2.19. The van der Waals surface area contributed by atoms with Crippen LogP contribution in [0.25, 0.3) is 0 Å². The Bertz CT molecular complexity index is 445. The molecule has 1 aliphatic rings. The zero-order chi connectivity index (χ0) is 14.5. The van der Waals surface area contributed by atoms with Crippen LogP contribution in [0.1, 0.15) is 25.8 Å². The number of rotatable bonds is 5. The van der Waals surface area contributed by atoms with E-state index in [1.165, 1.54) is 0 Å². The number of hydrogen-bond donors (Lipinski definition) is 3. The number of nitrogens with one attached hydrogen (secondary N) is 2. The Morgan fingerprint density at radius 3 is 2.70 bits per heavy atom. The van der Waals surface area contributed by atoms with Crippen molar-refractivity contribution in [2.24, 2.45) is 0 Å². The average molecular weight is 278 g/mol. The standard InChI is InChI=1S/C15H22N2O3/c1-10(2)20-13-5-3-11(4-6-13)8-17-15(19)14-7-12(18)9-16-14/h3-6,10,12,14,16,18H,7-9H2,1-2H3,(H,17,19)/t12-,14+/m0/s1. The lowest BCUT2D eigenvalue weighted by Gasteiger charge is -2.12. The van der Waals surface area contributed by atoms with Crippen molar-refractivity contribution >= 4 is 5.91 Å². The van der Waals surface area contributed by atoms with Gasteiger partial charge in [0.05, 0.1) is 18.2 Å². The van der Waals surface area contributed by atoms with Crippen molar-refractivity contribution in [1.29, 1.82) is 0 Å². The van der Waals surface area contributed by atoms with Crippen LogP contribution in [-0.4, -0.2) is 35.8 Å². The van der Waals surface area contributed by atoms with E-state index in [9.17, 15) is 9.90 Å². The van der Waals surface area contributed by atoms with Crippen molar-refractivity contribution in [2.75, 3.05) is 6.54 Å². The Morgan fingerprint density at radius 2 is 2.15 bits per heavy atom. The lowest BCUT2D eigenvalue weighted by Crippen LogP contribution is -2.39. The van der Waals surface area contributed by atoms with Gasteiger partial charge in [0.15, 0.2) is 0 Å². The number of aliphatic hydroxyl groups excluding tert-OH is 1. The maximum atomic E-state index is 11.9. The van der Waals surface area contributed by atoms with Gasteiger partial charge in [-0.3, -0.25) is 4.79 Å². The highest BCUT2D eigenvalue weighted by Crippen LogP contribution is 2.14. The van der Waals surface area contributed by atoms with Crippen LogP contribution in [0.3, 0.4) is 0 Å². The van der Waals surface area contributed by atoms with Crippen molar-refractivity contribution in [3.8, 4) is 5.75 Å². The summed E-state index contributed by atoms with van der Waals surface area (Å²) in [6.45, 7) is 4.93. The van der Waals surface area contributed by atoms with E-state index in [0.717, 1.165) is 11.3 Å². The molecule has 0 aromatic heterocycles. The summed E-state index contributed by atoms with van der Waals surface area (Å²) in [6.07, 6.45) is 0.214. The van der Waals surface area contributed by atoms with E-state index in [2.05, 4.69) is 10.6 Å². The molecule has 0 saturated carbocycles. The van der Waals surface area contributed by atoms with Gasteiger partial charge in [0, 0.05) is 13.1 Å². The van der Waals surface area contributed by atoms with E-state index in [-0.39, 0.29) is 18.1 Å². The Morgan fingerprint density at radius 1 is 1.45 bits per heavy atom. The van der Waals surface area contributed by atoms with E-state index in [1.807, 2.05) is 38.1 Å². The molecule has 0 bridgehead atoms. The predicted molar refractivity (Wildman–Crippen MR) is 76.5 cm³/mol. The molecule has 1 fully saturated rings. The van der Waals surface area contributed by atoms with Crippen LogP contribution < -0.4 is 15.4 Å². The van der Waals surface area contributed by atoms with E-state index < -0.39 is 6.10 Å². The quantitative estimate of drug-likeness (QED) is 0.745. The second kappa shape index (κ2) is 6.72. The van der Waals surface area contributed by atoms with Gasteiger partial charge >= 0.3 is 0 Å². The van der Waals surface area contributed by atoms with Gasteiger partial charge in [0.2, 0.25) is 5.91 Å². The summed E-state index contributed by atoms with van der Waals surface area (Å²) in [5.74, 6) is 0.764. The maximum absolute atomic E-state index is 11.9. The Balaban J connectivity index is 1.80. The van der Waals surface area contributed by atoms with E-state index in [1.54, 1.807) is 0 Å². The lowest BCUT2D eigenvalue weighted by atomic mass is 10.1. The number of hydrogen-bond acceptors (Lipinski definition) is 4. The molecule has 2 rings (SSSR count). The molecule has 5 heteroatoms. The van der Waals surface area contributed by atoms with Crippen molar-refractivity contribution in [2.45, 2.75) is 45.1 Å². The van der Waals surface area contributed by atoms with Crippen LogP contribution in [0.4, 0.5) is 0 Å². The van der Waals surface area contributed by atoms with Gasteiger partial charge in [0.25, 0.3) is 0 Å². The molecule has 110 valence electrons. The third-order valence-electron chi connectivity index (χ3n) is 3.19. The fourth-order valence-electron chi connectivity index (χ4n) is 2.19. The SMILES string of the molecule is CC(C)Oc1ccc(CNC(=O)[C@H]2C[C@H](O)CN2)cc1. The van der Waals surface area contributed by atoms with Crippen molar-refractivity contribution < 1.29 is 14.6 Å². The molecule has 3 N–H and O–H groups in total. The summed E-state index contributed by atoms with van der Waals surface area (Å²) in [4.78, 5) is 11.9. The van der Waals surface area contributed by atoms with Crippen LogP contribution in [0, 0.1) is 0 Å². The summed E-state index contributed by atoms with van der Waals surface area (Å²) < 4.78 is 5.56. The number of benzene rings is 1. The van der Waals surface area contributed by atoms with Gasteiger partial charge in [-0.15, -0.1) is 0 Å². The maximum Gasteiger partial charge on any atom is 0.237 e. The molecule has 0 radical (unpaired) electrons. The summed E-state index contributed by atoms with van der Waals surface area (Å²) in [6, 6.07) is 7.40. The van der Waals surface area contributed by atoms with Gasteiger partial charge in [-0.1, -0.05) is 12.1 Å². The van der Waals surface area contributed by atoms with Crippen molar-refractivity contribution in [3.05, 3.63) is 29.8 Å². The van der Waals surface area contributed by atoms with Crippen molar-refractivity contribution in [1.82, 2.24) is 10.6 Å². The molecule has 1 amide bonds. The minimum absolute atomic E-state index is 0.0657. The molecular weight excluding hydrogens is 256 g/mol. The van der Waals surface area contributed by atoms with E-state index in [0.29, 0.717) is 19.5 Å². The molecule has 1 heterocycles. The first-order valence-electron chi connectivity index (χ1n) is 6.99. The second-order valence-corrected chi connectivity index (χ2v) is 5.38. The molecule has 0 unspecified atom stereocenters.